The Labute approximate surface area is 152 Å². The summed E-state index contributed by atoms with van der Waals surface area (Å²) >= 11 is 1.54. The average Bonchev–Trinajstić information content (AvgIpc) is 3.39. The number of anilines is 1. The molecule has 1 N–H and O–H groups in total. The van der Waals surface area contributed by atoms with Gasteiger partial charge in [0.25, 0.3) is 5.91 Å². The highest BCUT2D eigenvalue weighted by atomic mass is 32.1. The topological polar surface area (TPSA) is 65.4 Å². The molecule has 7 heteroatoms. The van der Waals surface area contributed by atoms with Gasteiger partial charge in [-0.3, -0.25) is 4.79 Å². The lowest BCUT2D eigenvalue weighted by Gasteiger charge is -2.06. The molecule has 0 radical (unpaired) electrons. The Morgan fingerprint density at radius 1 is 1.08 bits per heavy atom. The summed E-state index contributed by atoms with van der Waals surface area (Å²) < 4.78 is 13.5. The maximum Gasteiger partial charge on any atom is 0.255 e. The number of hydrogen-bond donors (Lipinski definition) is 1. The van der Waals surface area contributed by atoms with E-state index in [0.29, 0.717) is 22.7 Å². The van der Waals surface area contributed by atoms with Gasteiger partial charge < -0.3 is 19.4 Å². The van der Waals surface area contributed by atoms with Gasteiger partial charge in [0, 0.05) is 29.7 Å². The molecule has 1 aliphatic rings. The SMILES string of the molecule is O=C(Nc1ccc2c(c1)OCO2)c1ccc2nc(-n3cccc3)sc2c1. The van der Waals surface area contributed by atoms with Crippen LogP contribution in [0.1, 0.15) is 10.4 Å². The Bertz CT molecular complexity index is 1120. The fourth-order valence-electron chi connectivity index (χ4n) is 2.80. The van der Waals surface area contributed by atoms with Crippen molar-refractivity contribution in [2.24, 2.45) is 0 Å². The Morgan fingerprint density at radius 3 is 2.81 bits per heavy atom. The minimum absolute atomic E-state index is 0.179. The van der Waals surface area contributed by atoms with E-state index < -0.39 is 0 Å². The summed E-state index contributed by atoms with van der Waals surface area (Å²) in [5.41, 5.74) is 2.12. The van der Waals surface area contributed by atoms with Gasteiger partial charge in [0.1, 0.15) is 0 Å². The number of nitrogens with zero attached hydrogens (tertiary/aromatic N) is 2. The molecule has 0 spiro atoms. The molecule has 26 heavy (non-hydrogen) atoms. The zero-order valence-electron chi connectivity index (χ0n) is 13.5. The maximum atomic E-state index is 12.6. The number of carbonyl (C=O) groups is 1. The van der Waals surface area contributed by atoms with Crippen molar-refractivity contribution in [2.75, 3.05) is 12.1 Å². The summed E-state index contributed by atoms with van der Waals surface area (Å²) in [6, 6.07) is 14.8. The molecule has 4 aromatic rings. The van der Waals surface area contributed by atoms with Crippen molar-refractivity contribution >= 4 is 33.1 Å². The molecule has 0 fully saturated rings. The Morgan fingerprint density at radius 2 is 1.92 bits per heavy atom. The van der Waals surface area contributed by atoms with E-state index in [4.69, 9.17) is 9.47 Å². The molecule has 0 atom stereocenters. The van der Waals surface area contributed by atoms with Gasteiger partial charge in [-0.25, -0.2) is 4.98 Å². The zero-order chi connectivity index (χ0) is 17.5. The van der Waals surface area contributed by atoms with Crippen molar-refractivity contribution in [3.05, 3.63) is 66.5 Å². The first kappa shape index (κ1) is 15.0. The summed E-state index contributed by atoms with van der Waals surface area (Å²) in [6.45, 7) is 0.207. The number of nitrogens with one attached hydrogen (secondary N) is 1. The quantitative estimate of drug-likeness (QED) is 0.596. The number of rotatable bonds is 3. The minimum atomic E-state index is -0.179. The van der Waals surface area contributed by atoms with Gasteiger partial charge in [-0.15, -0.1) is 0 Å². The highest BCUT2D eigenvalue weighted by Crippen LogP contribution is 2.34. The summed E-state index contributed by atoms with van der Waals surface area (Å²) in [6.07, 6.45) is 3.90. The van der Waals surface area contributed by atoms with Crippen LogP contribution in [-0.4, -0.2) is 22.3 Å². The van der Waals surface area contributed by atoms with E-state index in [1.807, 2.05) is 41.2 Å². The molecule has 6 nitrogen and oxygen atoms in total. The number of aromatic nitrogens is 2. The van der Waals surface area contributed by atoms with E-state index in [2.05, 4.69) is 10.3 Å². The first-order chi connectivity index (χ1) is 12.8. The summed E-state index contributed by atoms with van der Waals surface area (Å²) in [5, 5.41) is 3.76. The molecule has 128 valence electrons. The summed E-state index contributed by atoms with van der Waals surface area (Å²) in [7, 11) is 0. The van der Waals surface area contributed by atoms with Crippen LogP contribution >= 0.6 is 11.3 Å². The molecule has 1 aliphatic heterocycles. The molecule has 0 saturated heterocycles. The number of amides is 1. The van der Waals surface area contributed by atoms with Crippen LogP contribution in [0.2, 0.25) is 0 Å². The third-order valence-electron chi connectivity index (χ3n) is 4.10. The van der Waals surface area contributed by atoms with Gasteiger partial charge in [-0.05, 0) is 42.5 Å². The van der Waals surface area contributed by atoms with Gasteiger partial charge in [0.05, 0.1) is 10.2 Å². The Hall–Kier alpha value is -3.32. The largest absolute Gasteiger partial charge is 0.454 e. The number of thiazole rings is 1. The average molecular weight is 363 g/mol. The Kier molecular flexibility index (Phi) is 3.39. The first-order valence-corrected chi connectivity index (χ1v) is 8.83. The van der Waals surface area contributed by atoms with E-state index >= 15 is 0 Å². The minimum Gasteiger partial charge on any atom is -0.454 e. The molecule has 2 aromatic heterocycles. The molecule has 1 amide bonds. The smallest absolute Gasteiger partial charge is 0.255 e. The highest BCUT2D eigenvalue weighted by Gasteiger charge is 2.15. The van der Waals surface area contributed by atoms with Gasteiger partial charge in [0.2, 0.25) is 6.79 Å². The van der Waals surface area contributed by atoms with Gasteiger partial charge in [-0.2, -0.15) is 0 Å². The van der Waals surface area contributed by atoms with E-state index in [1.165, 1.54) is 0 Å². The predicted octanol–water partition coefficient (Wildman–Crippen LogP) is 4.07. The van der Waals surface area contributed by atoms with Crippen LogP contribution in [0.5, 0.6) is 11.5 Å². The molecule has 3 heterocycles. The number of benzene rings is 2. The van der Waals surface area contributed by atoms with Crippen molar-refractivity contribution in [2.45, 2.75) is 0 Å². The highest BCUT2D eigenvalue weighted by molar-refractivity contribution is 7.20. The predicted molar refractivity (Wildman–Crippen MR) is 99.5 cm³/mol. The van der Waals surface area contributed by atoms with Crippen LogP contribution in [-0.2, 0) is 0 Å². The van der Waals surface area contributed by atoms with Crippen LogP contribution in [0.3, 0.4) is 0 Å². The van der Waals surface area contributed by atoms with Crippen molar-refractivity contribution in [1.82, 2.24) is 9.55 Å². The summed E-state index contributed by atoms with van der Waals surface area (Å²) in [4.78, 5) is 17.2. The fraction of sp³-hybridized carbons (Fsp3) is 0.0526. The molecule has 5 rings (SSSR count). The molecule has 0 unspecified atom stereocenters. The van der Waals surface area contributed by atoms with Crippen LogP contribution in [0, 0.1) is 0 Å². The molecular formula is C19H13N3O3S. The van der Waals surface area contributed by atoms with E-state index in [0.717, 1.165) is 15.3 Å². The zero-order valence-corrected chi connectivity index (χ0v) is 14.3. The van der Waals surface area contributed by atoms with Crippen molar-refractivity contribution in [3.63, 3.8) is 0 Å². The number of fused-ring (bicyclic) bond motifs is 2. The van der Waals surface area contributed by atoms with Crippen LogP contribution in [0.25, 0.3) is 15.3 Å². The maximum absolute atomic E-state index is 12.6. The number of ether oxygens (including phenoxy) is 2. The van der Waals surface area contributed by atoms with Gasteiger partial charge in [-0.1, -0.05) is 11.3 Å². The second kappa shape index (κ2) is 5.89. The molecule has 0 saturated carbocycles. The second-order valence-corrected chi connectivity index (χ2v) is 6.80. The molecule has 0 bridgehead atoms. The summed E-state index contributed by atoms with van der Waals surface area (Å²) in [5.74, 6) is 1.14. The van der Waals surface area contributed by atoms with E-state index in [-0.39, 0.29) is 12.7 Å². The van der Waals surface area contributed by atoms with Crippen molar-refractivity contribution in [3.8, 4) is 16.6 Å². The molecule has 0 aliphatic carbocycles. The Balaban J connectivity index is 1.42. The third-order valence-corrected chi connectivity index (χ3v) is 5.13. The standard InChI is InChI=1S/C19H13N3O3S/c23-18(20-13-4-6-15-16(10-13)25-11-24-15)12-3-5-14-17(9-12)26-19(21-14)22-7-1-2-8-22/h1-10H,11H2,(H,20,23). The number of hydrogen-bond acceptors (Lipinski definition) is 5. The molecule has 2 aromatic carbocycles. The number of carbonyl (C=O) groups excluding carboxylic acids is 1. The molecular weight excluding hydrogens is 350 g/mol. The lowest BCUT2D eigenvalue weighted by molar-refractivity contribution is 0.102. The monoisotopic (exact) mass is 363 g/mol. The first-order valence-electron chi connectivity index (χ1n) is 8.01. The van der Waals surface area contributed by atoms with Crippen molar-refractivity contribution < 1.29 is 14.3 Å². The third kappa shape index (κ3) is 2.58. The van der Waals surface area contributed by atoms with Gasteiger partial charge in [0.15, 0.2) is 16.6 Å². The second-order valence-electron chi connectivity index (χ2n) is 5.79. The van der Waals surface area contributed by atoms with Gasteiger partial charge >= 0.3 is 0 Å². The van der Waals surface area contributed by atoms with E-state index in [1.54, 1.807) is 35.6 Å². The normalized spacial score (nSPS) is 12.5. The fourth-order valence-corrected chi connectivity index (χ4v) is 3.78. The lowest BCUT2D eigenvalue weighted by Crippen LogP contribution is -2.11. The van der Waals surface area contributed by atoms with Crippen LogP contribution < -0.4 is 14.8 Å². The van der Waals surface area contributed by atoms with Crippen LogP contribution in [0.4, 0.5) is 5.69 Å². The van der Waals surface area contributed by atoms with Crippen LogP contribution in [0.15, 0.2) is 60.9 Å². The lowest BCUT2D eigenvalue weighted by atomic mass is 10.2. The van der Waals surface area contributed by atoms with E-state index in [9.17, 15) is 4.79 Å². The van der Waals surface area contributed by atoms with Crippen molar-refractivity contribution in [1.29, 1.82) is 0 Å².